The summed E-state index contributed by atoms with van der Waals surface area (Å²) in [5.41, 5.74) is 1.42. The molecule has 5 nitrogen and oxygen atoms in total. The summed E-state index contributed by atoms with van der Waals surface area (Å²) >= 11 is 8.82. The molecule has 1 aromatic heterocycles. The number of hydrogen-bond donors (Lipinski definition) is 2. The van der Waals surface area contributed by atoms with Crippen LogP contribution in [0.3, 0.4) is 0 Å². The highest BCUT2D eigenvalue weighted by atomic mass is 79.9. The minimum Gasteiger partial charge on any atom is -0.484 e. The number of halogens is 1. The monoisotopic (exact) mass is 409 g/mol. The summed E-state index contributed by atoms with van der Waals surface area (Å²) in [4.78, 5) is 4.96. The Hall–Kier alpha value is -1.73. The number of oxime groups is 1. The molecule has 0 radical (unpaired) electrons. The number of aromatic nitrogens is 1. The Morgan fingerprint density at radius 1 is 1.46 bits per heavy atom. The number of hydrogen-bond acceptors (Lipinski definition) is 5. The molecule has 24 heavy (non-hydrogen) atoms. The molecule has 1 heterocycles. The Balaban J connectivity index is 2.18. The number of pyridine rings is 1. The number of rotatable bonds is 5. The van der Waals surface area contributed by atoms with Crippen molar-refractivity contribution in [1.82, 2.24) is 10.3 Å². The van der Waals surface area contributed by atoms with Gasteiger partial charge in [0, 0.05) is 16.1 Å². The Kier molecular flexibility index (Phi) is 5.77. The lowest BCUT2D eigenvalue weighted by Gasteiger charge is -2.26. The zero-order chi connectivity index (χ0) is 17.9. The fourth-order valence-electron chi connectivity index (χ4n) is 2.29. The van der Waals surface area contributed by atoms with Crippen LogP contribution in [0.5, 0.6) is 5.75 Å². The van der Waals surface area contributed by atoms with E-state index in [0.717, 1.165) is 26.7 Å². The minimum absolute atomic E-state index is 0.330. The highest BCUT2D eigenvalue weighted by molar-refractivity contribution is 9.10. The molecule has 0 saturated carbocycles. The lowest BCUT2D eigenvalue weighted by Crippen LogP contribution is -2.48. The van der Waals surface area contributed by atoms with Crippen molar-refractivity contribution in [3.05, 3.63) is 34.4 Å². The quantitative estimate of drug-likeness (QED) is 0.334. The number of benzene rings is 1. The second-order valence-electron chi connectivity index (χ2n) is 6.18. The van der Waals surface area contributed by atoms with E-state index in [-0.39, 0.29) is 6.10 Å². The van der Waals surface area contributed by atoms with Gasteiger partial charge in [-0.15, -0.1) is 0 Å². The second-order valence-corrected chi connectivity index (χ2v) is 7.54. The second kappa shape index (κ2) is 7.44. The fraction of sp³-hybridized carbons (Fsp3) is 0.353. The van der Waals surface area contributed by atoms with Gasteiger partial charge in [0.1, 0.15) is 16.8 Å². The van der Waals surface area contributed by atoms with E-state index in [1.807, 2.05) is 45.9 Å². The highest BCUT2D eigenvalue weighted by Gasteiger charge is 2.20. The van der Waals surface area contributed by atoms with E-state index in [1.54, 1.807) is 6.20 Å². The first-order valence-electron chi connectivity index (χ1n) is 7.45. The van der Waals surface area contributed by atoms with Crippen LogP contribution in [0.1, 0.15) is 26.3 Å². The number of thiocarbonyl (C=S) groups is 1. The van der Waals surface area contributed by atoms with E-state index in [2.05, 4.69) is 31.4 Å². The van der Waals surface area contributed by atoms with Crippen molar-refractivity contribution in [3.8, 4) is 5.75 Å². The Morgan fingerprint density at radius 3 is 2.83 bits per heavy atom. The number of nitrogens with zero attached hydrogens (tertiary/aromatic N) is 2. The molecule has 0 aliphatic carbocycles. The van der Waals surface area contributed by atoms with Gasteiger partial charge in [0.15, 0.2) is 0 Å². The summed E-state index contributed by atoms with van der Waals surface area (Å²) < 4.78 is 6.89. The van der Waals surface area contributed by atoms with Crippen LogP contribution in [-0.4, -0.2) is 33.0 Å². The highest BCUT2D eigenvalue weighted by Crippen LogP contribution is 2.26. The predicted molar refractivity (Wildman–Crippen MR) is 104 cm³/mol. The third kappa shape index (κ3) is 4.64. The Morgan fingerprint density at radius 2 is 2.17 bits per heavy atom. The average Bonchev–Trinajstić information content (AvgIpc) is 2.45. The van der Waals surface area contributed by atoms with Gasteiger partial charge in [0.05, 0.1) is 17.3 Å². The van der Waals surface area contributed by atoms with E-state index in [4.69, 9.17) is 22.2 Å². The molecule has 0 saturated heterocycles. The van der Waals surface area contributed by atoms with Gasteiger partial charge >= 0.3 is 0 Å². The maximum absolute atomic E-state index is 8.69. The van der Waals surface area contributed by atoms with Gasteiger partial charge < -0.3 is 15.3 Å². The predicted octanol–water partition coefficient (Wildman–Crippen LogP) is 4.23. The molecular weight excluding hydrogens is 390 g/mol. The van der Waals surface area contributed by atoms with Crippen molar-refractivity contribution in [2.45, 2.75) is 39.3 Å². The number of fused-ring (bicyclic) bond motifs is 1. The van der Waals surface area contributed by atoms with E-state index in [0.29, 0.717) is 4.99 Å². The van der Waals surface area contributed by atoms with E-state index in [9.17, 15) is 0 Å². The maximum atomic E-state index is 8.69. The molecule has 1 unspecified atom stereocenters. The van der Waals surface area contributed by atoms with E-state index in [1.165, 1.54) is 6.21 Å². The molecular formula is C17H20BrN3O2S. The number of aryl methyl sites for hydroxylation is 1. The zero-order valence-electron chi connectivity index (χ0n) is 14.0. The zero-order valence-corrected chi connectivity index (χ0v) is 16.4. The average molecular weight is 410 g/mol. The molecule has 2 N–H and O–H groups in total. The SMILES string of the molecule is Cc1cc(OC(C)C(=S)NC(C)(C)C=NO)cc2cc(Br)cnc12. The van der Waals surface area contributed by atoms with Crippen molar-refractivity contribution in [2.75, 3.05) is 0 Å². The molecule has 2 aromatic rings. The summed E-state index contributed by atoms with van der Waals surface area (Å²) in [7, 11) is 0. The summed E-state index contributed by atoms with van der Waals surface area (Å²) in [6, 6.07) is 5.90. The van der Waals surface area contributed by atoms with Gasteiger partial charge in [-0.3, -0.25) is 4.98 Å². The molecule has 0 fully saturated rings. The first kappa shape index (κ1) is 18.6. The van der Waals surface area contributed by atoms with Crippen LogP contribution >= 0.6 is 28.1 Å². The topological polar surface area (TPSA) is 66.7 Å². The van der Waals surface area contributed by atoms with Gasteiger partial charge in [-0.1, -0.05) is 17.4 Å². The van der Waals surface area contributed by atoms with Gasteiger partial charge in [0.2, 0.25) is 0 Å². The third-order valence-electron chi connectivity index (χ3n) is 3.42. The Bertz CT molecular complexity index is 793. The summed E-state index contributed by atoms with van der Waals surface area (Å²) in [6.45, 7) is 7.59. The van der Waals surface area contributed by atoms with Crippen LogP contribution in [0.25, 0.3) is 10.9 Å². The third-order valence-corrected chi connectivity index (χ3v) is 4.29. The van der Waals surface area contributed by atoms with Crippen molar-refractivity contribution in [1.29, 1.82) is 0 Å². The molecule has 0 aliphatic heterocycles. The minimum atomic E-state index is -0.558. The van der Waals surface area contributed by atoms with Crippen LogP contribution < -0.4 is 10.1 Å². The normalized spacial score (nSPS) is 13.2. The number of ether oxygens (including phenoxy) is 1. The van der Waals surface area contributed by atoms with Crippen molar-refractivity contribution < 1.29 is 9.94 Å². The van der Waals surface area contributed by atoms with Crippen LogP contribution in [0.4, 0.5) is 0 Å². The molecule has 0 amide bonds. The maximum Gasteiger partial charge on any atom is 0.146 e. The Labute approximate surface area is 155 Å². The lowest BCUT2D eigenvalue weighted by atomic mass is 10.1. The molecule has 2 rings (SSSR count). The van der Waals surface area contributed by atoms with Crippen LogP contribution in [0, 0.1) is 6.92 Å². The summed E-state index contributed by atoms with van der Waals surface area (Å²) in [6.07, 6.45) is 2.83. The standard InChI is InChI=1S/C17H20BrN3O2S/c1-10-5-14(7-12-6-13(18)8-19-15(10)12)23-11(2)16(24)21-17(3,4)9-20-22/h5-9,11,22H,1-4H3,(H,21,24). The van der Waals surface area contributed by atoms with Crippen LogP contribution in [-0.2, 0) is 0 Å². The van der Waals surface area contributed by atoms with Crippen molar-refractivity contribution >= 4 is 50.3 Å². The molecule has 7 heteroatoms. The van der Waals surface area contributed by atoms with Crippen molar-refractivity contribution in [2.24, 2.45) is 5.16 Å². The fourth-order valence-corrected chi connectivity index (χ4v) is 2.95. The van der Waals surface area contributed by atoms with Crippen LogP contribution in [0.15, 0.2) is 34.0 Å². The first-order chi connectivity index (χ1) is 11.2. The number of nitrogens with one attached hydrogen (secondary N) is 1. The summed E-state index contributed by atoms with van der Waals surface area (Å²) in [5.74, 6) is 0.727. The van der Waals surface area contributed by atoms with Crippen molar-refractivity contribution in [3.63, 3.8) is 0 Å². The largest absolute Gasteiger partial charge is 0.484 e. The van der Waals surface area contributed by atoms with Gasteiger partial charge in [0.25, 0.3) is 0 Å². The van der Waals surface area contributed by atoms with E-state index < -0.39 is 5.54 Å². The van der Waals surface area contributed by atoms with Crippen LogP contribution in [0.2, 0.25) is 0 Å². The van der Waals surface area contributed by atoms with Gasteiger partial charge in [-0.05, 0) is 67.4 Å². The molecule has 0 bridgehead atoms. The van der Waals surface area contributed by atoms with Gasteiger partial charge in [-0.2, -0.15) is 0 Å². The lowest BCUT2D eigenvalue weighted by molar-refractivity contribution is 0.282. The van der Waals surface area contributed by atoms with E-state index >= 15 is 0 Å². The first-order valence-corrected chi connectivity index (χ1v) is 8.65. The molecule has 128 valence electrons. The molecule has 1 aromatic carbocycles. The summed E-state index contributed by atoms with van der Waals surface area (Å²) in [5, 5.41) is 15.9. The molecule has 0 spiro atoms. The van der Waals surface area contributed by atoms with Gasteiger partial charge in [-0.25, -0.2) is 0 Å². The molecule has 1 atom stereocenters. The molecule has 0 aliphatic rings. The smallest absolute Gasteiger partial charge is 0.146 e.